The Balaban J connectivity index is 1.62. The molecule has 3 amide bonds. The fourth-order valence-electron chi connectivity index (χ4n) is 4.76. The van der Waals surface area contributed by atoms with Crippen molar-refractivity contribution in [3.8, 4) is 0 Å². The fraction of sp³-hybridized carbons (Fsp3) is 0.385. The molecule has 0 radical (unpaired) electrons. The minimum Gasteiger partial charge on any atom is -0.349 e. The Bertz CT molecular complexity index is 1390. The molecule has 208 valence electrons. The van der Waals surface area contributed by atoms with Gasteiger partial charge in [0.2, 0.25) is 5.91 Å². The Hall–Kier alpha value is -3.67. The molecule has 2 N–H and O–H groups in total. The van der Waals surface area contributed by atoms with Crippen LogP contribution in [0.5, 0.6) is 0 Å². The van der Waals surface area contributed by atoms with E-state index in [2.05, 4.69) is 10.3 Å². The Kier molecular flexibility index (Phi) is 8.15. The number of amides is 3. The lowest BCUT2D eigenvalue weighted by molar-refractivity contribution is -0.175. The van der Waals surface area contributed by atoms with Crippen molar-refractivity contribution in [2.24, 2.45) is 5.92 Å². The van der Waals surface area contributed by atoms with Crippen LogP contribution in [-0.2, 0) is 9.59 Å². The zero-order chi connectivity index (χ0) is 28.5. The van der Waals surface area contributed by atoms with Gasteiger partial charge in [0.05, 0.1) is 34.7 Å². The number of aromatic nitrogens is 2. The van der Waals surface area contributed by atoms with Crippen LogP contribution in [0, 0.1) is 11.7 Å². The Morgan fingerprint density at radius 3 is 2.59 bits per heavy atom. The number of pyridine rings is 1. The van der Waals surface area contributed by atoms with Crippen LogP contribution in [0.3, 0.4) is 0 Å². The molecule has 0 saturated carbocycles. The zero-order valence-corrected chi connectivity index (χ0v) is 21.8. The van der Waals surface area contributed by atoms with E-state index >= 15 is 0 Å². The van der Waals surface area contributed by atoms with Gasteiger partial charge in [0.25, 0.3) is 5.91 Å². The Morgan fingerprint density at radius 2 is 1.92 bits per heavy atom. The maximum atomic E-state index is 13.8. The van der Waals surface area contributed by atoms with Gasteiger partial charge in [-0.15, -0.1) is 0 Å². The summed E-state index contributed by atoms with van der Waals surface area (Å²) in [5, 5.41) is 4.37. The third kappa shape index (κ3) is 6.16. The number of hydrogen-bond donors (Lipinski definition) is 2. The van der Waals surface area contributed by atoms with Gasteiger partial charge in [0.1, 0.15) is 11.9 Å². The number of carbonyl (C=O) groups is 3. The summed E-state index contributed by atoms with van der Waals surface area (Å²) in [6, 6.07) is 5.23. The normalized spacial score (nSPS) is 18.7. The van der Waals surface area contributed by atoms with Crippen molar-refractivity contribution in [1.82, 2.24) is 24.9 Å². The van der Waals surface area contributed by atoms with Gasteiger partial charge < -0.3 is 19.9 Å². The predicted molar refractivity (Wildman–Crippen MR) is 135 cm³/mol. The SMILES string of the molecule is CC(C)[C@@H](NC(=O)C(F)(F)F)C(=O)N[C@@H]1CN(C(=O)c2cccn3cncc23)CC[C@H]1c1ccc(F)c(Cl)c1. The minimum atomic E-state index is -5.16. The van der Waals surface area contributed by atoms with Crippen molar-refractivity contribution in [1.29, 1.82) is 0 Å². The molecule has 4 rings (SSSR count). The fourth-order valence-corrected chi connectivity index (χ4v) is 4.94. The van der Waals surface area contributed by atoms with E-state index in [4.69, 9.17) is 11.6 Å². The number of hydrogen-bond acceptors (Lipinski definition) is 4. The maximum absolute atomic E-state index is 13.8. The van der Waals surface area contributed by atoms with Gasteiger partial charge in [0.15, 0.2) is 0 Å². The Morgan fingerprint density at radius 1 is 1.18 bits per heavy atom. The average Bonchev–Trinajstić information content (AvgIpc) is 3.36. The molecule has 3 aromatic rings. The number of nitrogens with one attached hydrogen (secondary N) is 2. The second-order valence-electron chi connectivity index (χ2n) is 9.74. The number of fused-ring (bicyclic) bond motifs is 1. The first-order valence-corrected chi connectivity index (χ1v) is 12.6. The van der Waals surface area contributed by atoms with Gasteiger partial charge in [-0.2, -0.15) is 13.2 Å². The lowest BCUT2D eigenvalue weighted by Crippen LogP contribution is -2.59. The van der Waals surface area contributed by atoms with Crippen LogP contribution in [-0.4, -0.2) is 63.4 Å². The van der Waals surface area contributed by atoms with Crippen LogP contribution in [0.15, 0.2) is 49.1 Å². The van der Waals surface area contributed by atoms with Crippen LogP contribution in [0.25, 0.3) is 5.52 Å². The van der Waals surface area contributed by atoms with E-state index in [0.717, 1.165) is 0 Å². The molecular weight excluding hydrogens is 542 g/mol. The predicted octanol–water partition coefficient (Wildman–Crippen LogP) is 3.94. The van der Waals surface area contributed by atoms with Crippen LogP contribution in [0.4, 0.5) is 17.6 Å². The molecule has 2 aromatic heterocycles. The highest BCUT2D eigenvalue weighted by Crippen LogP contribution is 2.32. The molecule has 3 atom stereocenters. The summed E-state index contributed by atoms with van der Waals surface area (Å²) in [6.07, 6.45) is 0.0387. The zero-order valence-electron chi connectivity index (χ0n) is 21.0. The first kappa shape index (κ1) is 28.3. The molecule has 8 nitrogen and oxygen atoms in total. The van der Waals surface area contributed by atoms with Crippen molar-refractivity contribution in [3.63, 3.8) is 0 Å². The molecule has 0 aliphatic carbocycles. The highest BCUT2D eigenvalue weighted by atomic mass is 35.5. The number of benzene rings is 1. The third-order valence-corrected chi connectivity index (χ3v) is 7.06. The molecule has 1 saturated heterocycles. The lowest BCUT2D eigenvalue weighted by Gasteiger charge is -2.40. The number of carbonyl (C=O) groups excluding carboxylic acids is 3. The minimum absolute atomic E-state index is 0.0114. The first-order valence-electron chi connectivity index (χ1n) is 12.2. The lowest BCUT2D eigenvalue weighted by atomic mass is 9.84. The van der Waals surface area contributed by atoms with E-state index < -0.39 is 47.7 Å². The largest absolute Gasteiger partial charge is 0.471 e. The number of imidazole rings is 1. The molecule has 1 aliphatic rings. The van der Waals surface area contributed by atoms with Crippen LogP contribution in [0.2, 0.25) is 5.02 Å². The second kappa shape index (κ2) is 11.2. The van der Waals surface area contributed by atoms with E-state index in [0.29, 0.717) is 29.6 Å². The highest BCUT2D eigenvalue weighted by Gasteiger charge is 2.42. The molecule has 39 heavy (non-hydrogen) atoms. The quantitative estimate of drug-likeness (QED) is 0.441. The monoisotopic (exact) mass is 567 g/mol. The van der Waals surface area contributed by atoms with Crippen molar-refractivity contribution in [2.75, 3.05) is 13.1 Å². The van der Waals surface area contributed by atoms with Crippen molar-refractivity contribution >= 4 is 34.8 Å². The molecule has 0 spiro atoms. The number of piperidine rings is 1. The summed E-state index contributed by atoms with van der Waals surface area (Å²) in [5.74, 6) is -5.12. The smallest absolute Gasteiger partial charge is 0.349 e. The van der Waals surface area contributed by atoms with Gasteiger partial charge in [-0.3, -0.25) is 14.4 Å². The number of nitrogens with zero attached hydrogens (tertiary/aromatic N) is 3. The van der Waals surface area contributed by atoms with Gasteiger partial charge >= 0.3 is 12.1 Å². The number of alkyl halides is 3. The number of likely N-dealkylation sites (tertiary alicyclic amines) is 1. The number of halogens is 5. The molecule has 1 aromatic carbocycles. The maximum Gasteiger partial charge on any atom is 0.471 e. The van der Waals surface area contributed by atoms with Crippen molar-refractivity contribution < 1.29 is 31.9 Å². The third-order valence-electron chi connectivity index (χ3n) is 6.77. The van der Waals surface area contributed by atoms with E-state index in [1.54, 1.807) is 40.6 Å². The Labute approximate surface area is 226 Å². The van der Waals surface area contributed by atoms with Gasteiger partial charge in [-0.1, -0.05) is 31.5 Å². The van der Waals surface area contributed by atoms with Gasteiger partial charge in [-0.05, 0) is 42.2 Å². The molecule has 0 unspecified atom stereocenters. The van der Waals surface area contributed by atoms with Crippen LogP contribution < -0.4 is 10.6 Å². The summed E-state index contributed by atoms with van der Waals surface area (Å²) < 4.78 is 54.2. The standard InChI is InChI=1S/C26H26ClF4N5O3/c1-14(2)22(34-25(39)26(29,30)31)23(37)33-20-12-35(9-7-16(20)15-5-6-19(28)18(27)10-15)24(38)17-4-3-8-36-13-32-11-21(17)36/h3-6,8,10-11,13-14,16,20,22H,7,9,12H2,1-2H3,(H,33,37)(H,34,39)/t16-,20+,22+/m0/s1. The topological polar surface area (TPSA) is 95.8 Å². The van der Waals surface area contributed by atoms with E-state index in [-0.39, 0.29) is 17.5 Å². The summed E-state index contributed by atoms with van der Waals surface area (Å²) >= 11 is 5.99. The van der Waals surface area contributed by atoms with E-state index in [1.165, 1.54) is 36.9 Å². The summed E-state index contributed by atoms with van der Waals surface area (Å²) in [7, 11) is 0. The second-order valence-corrected chi connectivity index (χ2v) is 10.1. The molecule has 0 bridgehead atoms. The van der Waals surface area contributed by atoms with Gasteiger partial charge in [-0.25, -0.2) is 9.37 Å². The van der Waals surface area contributed by atoms with Gasteiger partial charge in [0, 0.05) is 25.2 Å². The molecule has 13 heteroatoms. The average molecular weight is 568 g/mol. The van der Waals surface area contributed by atoms with E-state index in [1.807, 2.05) is 0 Å². The van der Waals surface area contributed by atoms with Crippen molar-refractivity contribution in [2.45, 2.75) is 44.4 Å². The highest BCUT2D eigenvalue weighted by molar-refractivity contribution is 6.30. The summed E-state index contributed by atoms with van der Waals surface area (Å²) in [6.45, 7) is 3.30. The summed E-state index contributed by atoms with van der Waals surface area (Å²) in [4.78, 5) is 43.9. The van der Waals surface area contributed by atoms with Crippen LogP contribution >= 0.6 is 11.6 Å². The molecular formula is C26H26ClF4N5O3. The van der Waals surface area contributed by atoms with Crippen LogP contribution in [0.1, 0.15) is 42.1 Å². The van der Waals surface area contributed by atoms with Crippen molar-refractivity contribution in [3.05, 3.63) is 71.0 Å². The first-order chi connectivity index (χ1) is 18.4. The molecule has 1 fully saturated rings. The number of rotatable bonds is 6. The molecule has 1 aliphatic heterocycles. The summed E-state index contributed by atoms with van der Waals surface area (Å²) in [5.41, 5.74) is 1.57. The molecule has 3 heterocycles. The van der Waals surface area contributed by atoms with E-state index in [9.17, 15) is 31.9 Å².